The van der Waals surface area contributed by atoms with Crippen molar-refractivity contribution < 1.29 is 0 Å². The summed E-state index contributed by atoms with van der Waals surface area (Å²) in [7, 11) is 2.18. The summed E-state index contributed by atoms with van der Waals surface area (Å²) in [5, 5.41) is 0. The molecule has 4 nitrogen and oxygen atoms in total. The number of aromatic amines is 1. The number of likely N-dealkylation sites (N-methyl/N-ethyl adjacent to an activating group) is 1. The maximum Gasteiger partial charge on any atom is 0.179 e. The van der Waals surface area contributed by atoms with Crippen LogP contribution in [0.5, 0.6) is 0 Å². The Kier molecular flexibility index (Phi) is 3.20. The quantitative estimate of drug-likeness (QED) is 0.838. The zero-order valence-corrected chi connectivity index (χ0v) is 11.4. The Morgan fingerprint density at radius 3 is 2.67 bits per heavy atom. The molecule has 0 saturated carbocycles. The lowest BCUT2D eigenvalue weighted by molar-refractivity contribution is 0.126. The fourth-order valence-corrected chi connectivity index (χ4v) is 2.70. The lowest BCUT2D eigenvalue weighted by Crippen LogP contribution is -2.44. The molecule has 1 aliphatic heterocycles. The minimum Gasteiger partial charge on any atom is -0.331 e. The maximum atomic E-state index is 5.41. The van der Waals surface area contributed by atoms with Crippen LogP contribution in [-0.2, 0) is 6.67 Å². The maximum absolute atomic E-state index is 5.41. The van der Waals surface area contributed by atoms with Crippen molar-refractivity contribution in [2.45, 2.75) is 6.67 Å². The molecule has 1 N–H and O–H groups in total. The second kappa shape index (κ2) is 4.84. The van der Waals surface area contributed by atoms with E-state index in [4.69, 9.17) is 12.2 Å². The number of para-hydroxylation sites is 2. The monoisotopic (exact) mass is 262 g/mol. The van der Waals surface area contributed by atoms with Gasteiger partial charge in [-0.15, -0.1) is 0 Å². The van der Waals surface area contributed by atoms with E-state index in [0.717, 1.165) is 43.1 Å². The van der Waals surface area contributed by atoms with Gasteiger partial charge in [0.15, 0.2) is 4.77 Å². The lowest BCUT2D eigenvalue weighted by atomic mass is 10.3. The first-order chi connectivity index (χ1) is 8.74. The van der Waals surface area contributed by atoms with Crippen molar-refractivity contribution >= 4 is 23.3 Å². The second-order valence-corrected chi connectivity index (χ2v) is 5.32. The molecule has 2 heterocycles. The van der Waals surface area contributed by atoms with Crippen molar-refractivity contribution in [1.29, 1.82) is 0 Å². The third-order valence-corrected chi connectivity index (χ3v) is 3.94. The molecule has 0 amide bonds. The van der Waals surface area contributed by atoms with Crippen molar-refractivity contribution in [3.8, 4) is 0 Å². The van der Waals surface area contributed by atoms with Crippen molar-refractivity contribution in [3.63, 3.8) is 0 Å². The molecule has 1 aromatic carbocycles. The van der Waals surface area contributed by atoms with Crippen molar-refractivity contribution in [2.75, 3.05) is 33.2 Å². The average molecular weight is 262 g/mol. The fraction of sp³-hybridized carbons (Fsp3) is 0.462. The van der Waals surface area contributed by atoms with Crippen LogP contribution in [0.4, 0.5) is 0 Å². The molecule has 0 aliphatic carbocycles. The Hall–Kier alpha value is -1.17. The van der Waals surface area contributed by atoms with Crippen LogP contribution >= 0.6 is 12.2 Å². The summed E-state index contributed by atoms with van der Waals surface area (Å²) in [4.78, 5) is 8.09. The molecular formula is C13H18N4S. The van der Waals surface area contributed by atoms with Gasteiger partial charge in [-0.2, -0.15) is 0 Å². The third-order valence-electron chi connectivity index (χ3n) is 3.62. The molecule has 0 radical (unpaired) electrons. The minimum absolute atomic E-state index is 0.815. The molecule has 1 saturated heterocycles. The zero-order chi connectivity index (χ0) is 12.5. The van der Waals surface area contributed by atoms with E-state index in [1.165, 1.54) is 5.52 Å². The van der Waals surface area contributed by atoms with E-state index in [0.29, 0.717) is 0 Å². The Balaban J connectivity index is 1.86. The highest BCUT2D eigenvalue weighted by Crippen LogP contribution is 2.14. The number of aromatic nitrogens is 2. The number of piperazine rings is 1. The summed E-state index contributed by atoms with van der Waals surface area (Å²) < 4.78 is 3.01. The standard InChI is InChI=1S/C13H18N4S/c1-15-6-8-16(9-7-15)10-17-12-5-3-2-4-11(12)14-13(17)18/h2-5H,6-10H2,1H3,(H,14,18). The molecule has 2 aromatic rings. The van der Waals surface area contributed by atoms with Crippen LogP contribution < -0.4 is 0 Å². The Morgan fingerprint density at radius 1 is 1.17 bits per heavy atom. The van der Waals surface area contributed by atoms with Gasteiger partial charge in [0.25, 0.3) is 0 Å². The Morgan fingerprint density at radius 2 is 1.89 bits per heavy atom. The van der Waals surface area contributed by atoms with E-state index in [1.807, 2.05) is 6.07 Å². The van der Waals surface area contributed by atoms with Gasteiger partial charge in [-0.05, 0) is 31.4 Å². The van der Waals surface area contributed by atoms with E-state index in [2.05, 4.69) is 44.6 Å². The molecule has 96 valence electrons. The molecule has 0 spiro atoms. The average Bonchev–Trinajstić information content (AvgIpc) is 2.69. The first-order valence-electron chi connectivity index (χ1n) is 6.32. The summed E-state index contributed by atoms with van der Waals surface area (Å²) in [6, 6.07) is 8.29. The molecule has 1 aromatic heterocycles. The van der Waals surface area contributed by atoms with E-state index in [-0.39, 0.29) is 0 Å². The van der Waals surface area contributed by atoms with Gasteiger partial charge < -0.3 is 14.5 Å². The molecule has 1 aliphatic rings. The zero-order valence-electron chi connectivity index (χ0n) is 10.6. The number of hydrogen-bond acceptors (Lipinski definition) is 3. The molecule has 0 atom stereocenters. The smallest absolute Gasteiger partial charge is 0.179 e. The van der Waals surface area contributed by atoms with Crippen molar-refractivity contribution in [1.82, 2.24) is 19.4 Å². The predicted octanol–water partition coefficient (Wildman–Crippen LogP) is 1.90. The largest absolute Gasteiger partial charge is 0.331 e. The van der Waals surface area contributed by atoms with Gasteiger partial charge in [-0.3, -0.25) is 4.90 Å². The Labute approximate surface area is 112 Å². The lowest BCUT2D eigenvalue weighted by Gasteiger charge is -2.32. The van der Waals surface area contributed by atoms with Crippen molar-refractivity contribution in [2.24, 2.45) is 0 Å². The van der Waals surface area contributed by atoms with E-state index >= 15 is 0 Å². The number of nitrogens with one attached hydrogen (secondary N) is 1. The van der Waals surface area contributed by atoms with Gasteiger partial charge in [0.05, 0.1) is 17.7 Å². The van der Waals surface area contributed by atoms with Crippen LogP contribution in [0, 0.1) is 4.77 Å². The molecule has 0 unspecified atom stereocenters. The van der Waals surface area contributed by atoms with E-state index < -0.39 is 0 Å². The highest BCUT2D eigenvalue weighted by Gasteiger charge is 2.15. The topological polar surface area (TPSA) is 27.2 Å². The summed E-state index contributed by atoms with van der Waals surface area (Å²) in [6.45, 7) is 5.37. The Bertz CT molecular complexity index is 592. The SMILES string of the molecule is CN1CCN(Cn2c(=S)[nH]c3ccccc32)CC1. The molecule has 5 heteroatoms. The summed E-state index contributed by atoms with van der Waals surface area (Å²) in [5.41, 5.74) is 2.32. The van der Waals surface area contributed by atoms with Crippen LogP contribution in [0.1, 0.15) is 0 Å². The summed E-state index contributed by atoms with van der Waals surface area (Å²) in [6.07, 6.45) is 0. The van der Waals surface area contributed by atoms with Crippen LogP contribution in [-0.4, -0.2) is 52.6 Å². The molecular weight excluding hydrogens is 244 g/mol. The van der Waals surface area contributed by atoms with Gasteiger partial charge in [0.2, 0.25) is 0 Å². The number of imidazole rings is 1. The number of nitrogens with zero attached hydrogens (tertiary/aromatic N) is 3. The molecule has 1 fully saturated rings. The predicted molar refractivity (Wildman–Crippen MR) is 76.2 cm³/mol. The first kappa shape index (κ1) is 11.9. The van der Waals surface area contributed by atoms with Crippen LogP contribution in [0.2, 0.25) is 0 Å². The van der Waals surface area contributed by atoms with Crippen LogP contribution in [0.25, 0.3) is 11.0 Å². The highest BCUT2D eigenvalue weighted by atomic mass is 32.1. The second-order valence-electron chi connectivity index (χ2n) is 4.94. The number of hydrogen-bond donors (Lipinski definition) is 1. The van der Waals surface area contributed by atoms with Gasteiger partial charge in [-0.25, -0.2) is 0 Å². The van der Waals surface area contributed by atoms with Gasteiger partial charge in [-0.1, -0.05) is 12.1 Å². The van der Waals surface area contributed by atoms with Crippen LogP contribution in [0.15, 0.2) is 24.3 Å². The molecule has 0 bridgehead atoms. The normalized spacial score (nSPS) is 18.5. The highest BCUT2D eigenvalue weighted by molar-refractivity contribution is 7.71. The minimum atomic E-state index is 0.815. The van der Waals surface area contributed by atoms with Crippen molar-refractivity contribution in [3.05, 3.63) is 29.0 Å². The third kappa shape index (κ3) is 2.21. The molecule has 3 rings (SSSR count). The van der Waals surface area contributed by atoms with Gasteiger partial charge in [0.1, 0.15) is 0 Å². The summed E-state index contributed by atoms with van der Waals surface area (Å²) >= 11 is 5.41. The van der Waals surface area contributed by atoms with E-state index in [1.54, 1.807) is 0 Å². The number of fused-ring (bicyclic) bond motifs is 1. The van der Waals surface area contributed by atoms with Gasteiger partial charge >= 0.3 is 0 Å². The fourth-order valence-electron chi connectivity index (χ4n) is 2.44. The molecule has 18 heavy (non-hydrogen) atoms. The number of benzene rings is 1. The van der Waals surface area contributed by atoms with Gasteiger partial charge in [0, 0.05) is 26.2 Å². The number of rotatable bonds is 2. The van der Waals surface area contributed by atoms with Crippen LogP contribution in [0.3, 0.4) is 0 Å². The van der Waals surface area contributed by atoms with E-state index in [9.17, 15) is 0 Å². The number of H-pyrrole nitrogens is 1. The summed E-state index contributed by atoms with van der Waals surface area (Å²) in [5.74, 6) is 0. The first-order valence-corrected chi connectivity index (χ1v) is 6.73.